The number of benzene rings is 1. The lowest BCUT2D eigenvalue weighted by atomic mass is 10.0. The van der Waals surface area contributed by atoms with Crippen molar-refractivity contribution in [1.82, 2.24) is 10.2 Å². The van der Waals surface area contributed by atoms with Crippen LogP contribution in [0.1, 0.15) is 10.4 Å². The second-order valence-electron chi connectivity index (χ2n) is 5.01. The third-order valence-electron chi connectivity index (χ3n) is 3.68. The first kappa shape index (κ1) is 15.4. The number of ether oxygens (including phenoxy) is 1. The number of aliphatic carboxylic acids is 1. The first-order valence-corrected chi connectivity index (χ1v) is 7.91. The number of nitrogens with zero attached hydrogens (tertiary/aromatic N) is 1. The van der Waals surface area contributed by atoms with Gasteiger partial charge in [-0.15, -0.1) is 11.8 Å². The van der Waals surface area contributed by atoms with Crippen molar-refractivity contribution in [2.75, 3.05) is 12.9 Å². The third-order valence-corrected chi connectivity index (χ3v) is 4.87. The van der Waals surface area contributed by atoms with Crippen molar-refractivity contribution in [2.45, 2.75) is 11.4 Å². The lowest BCUT2D eigenvalue weighted by Crippen LogP contribution is -2.70. The molecular weight excluding hydrogens is 320 g/mol. The molecule has 3 rings (SSSR count). The van der Waals surface area contributed by atoms with Gasteiger partial charge in [-0.1, -0.05) is 6.07 Å². The number of hydrogen-bond acceptors (Lipinski definition) is 5. The van der Waals surface area contributed by atoms with E-state index in [1.807, 2.05) is 0 Å². The third kappa shape index (κ3) is 2.65. The molecule has 0 spiro atoms. The van der Waals surface area contributed by atoms with Gasteiger partial charge in [-0.05, 0) is 24.3 Å². The molecule has 1 aromatic carbocycles. The lowest BCUT2D eigenvalue weighted by molar-refractivity contribution is -0.148. The van der Waals surface area contributed by atoms with E-state index in [-0.39, 0.29) is 11.1 Å². The standard InChI is InChI=1S/C15H14N2O5S/c1-22-9-4-2-3-8(7-9)12(18)16-11-13(19)17-10(15(20)21)5-6-23-14(11)17/h2-5,7,11,14H,6H2,1H3,(H,16,18)(H,20,21)/t11?,14-/m1/s1. The highest BCUT2D eigenvalue weighted by Crippen LogP contribution is 2.37. The molecule has 1 aromatic rings. The molecule has 1 unspecified atom stereocenters. The van der Waals surface area contributed by atoms with Gasteiger partial charge in [-0.25, -0.2) is 4.79 Å². The highest BCUT2D eigenvalue weighted by molar-refractivity contribution is 8.00. The van der Waals surface area contributed by atoms with Crippen LogP contribution in [0, 0.1) is 0 Å². The summed E-state index contributed by atoms with van der Waals surface area (Å²) in [6, 6.07) is 5.88. The molecule has 120 valence electrons. The minimum Gasteiger partial charge on any atom is -0.497 e. The van der Waals surface area contributed by atoms with Crippen molar-refractivity contribution in [3.63, 3.8) is 0 Å². The Balaban J connectivity index is 1.72. The van der Waals surface area contributed by atoms with Gasteiger partial charge in [0.05, 0.1) is 7.11 Å². The van der Waals surface area contributed by atoms with Crippen LogP contribution in [0.2, 0.25) is 0 Å². The largest absolute Gasteiger partial charge is 0.497 e. The monoisotopic (exact) mass is 334 g/mol. The number of nitrogens with one attached hydrogen (secondary N) is 1. The van der Waals surface area contributed by atoms with Gasteiger partial charge in [0.1, 0.15) is 22.9 Å². The van der Waals surface area contributed by atoms with Crippen LogP contribution in [0.15, 0.2) is 36.0 Å². The molecule has 0 aliphatic carbocycles. The summed E-state index contributed by atoms with van der Waals surface area (Å²) in [5.41, 5.74) is 0.357. The van der Waals surface area contributed by atoms with Crippen molar-refractivity contribution >= 4 is 29.5 Å². The summed E-state index contributed by atoms with van der Waals surface area (Å²) in [7, 11) is 1.50. The lowest BCUT2D eigenvalue weighted by Gasteiger charge is -2.48. The molecule has 1 fully saturated rings. The molecule has 2 aliphatic rings. The Morgan fingerprint density at radius 2 is 2.22 bits per heavy atom. The van der Waals surface area contributed by atoms with Crippen LogP contribution in [0.3, 0.4) is 0 Å². The molecule has 2 amide bonds. The molecule has 2 N–H and O–H groups in total. The van der Waals surface area contributed by atoms with Gasteiger partial charge in [0.15, 0.2) is 0 Å². The average Bonchev–Trinajstić information content (AvgIpc) is 2.58. The molecule has 2 aliphatic heterocycles. The molecule has 2 atom stereocenters. The number of β-lactam (4-membered cyclic amide) rings is 1. The van der Waals surface area contributed by atoms with Crippen LogP contribution in [-0.4, -0.2) is 52.1 Å². The van der Waals surface area contributed by atoms with E-state index in [1.54, 1.807) is 24.3 Å². The van der Waals surface area contributed by atoms with E-state index in [2.05, 4.69) is 5.32 Å². The number of fused-ring (bicyclic) bond motifs is 1. The number of carbonyl (C=O) groups is 3. The summed E-state index contributed by atoms with van der Waals surface area (Å²) >= 11 is 1.42. The average molecular weight is 334 g/mol. The van der Waals surface area contributed by atoms with Gasteiger partial charge in [-0.2, -0.15) is 0 Å². The minimum absolute atomic E-state index is 0.0226. The maximum absolute atomic E-state index is 12.3. The van der Waals surface area contributed by atoms with Crippen LogP contribution < -0.4 is 10.1 Å². The Bertz CT molecular complexity index is 718. The van der Waals surface area contributed by atoms with Crippen molar-refractivity contribution in [3.8, 4) is 5.75 Å². The highest BCUT2D eigenvalue weighted by atomic mass is 32.2. The van der Waals surface area contributed by atoms with Crippen LogP contribution >= 0.6 is 11.8 Å². The van der Waals surface area contributed by atoms with Gasteiger partial charge in [0.25, 0.3) is 11.8 Å². The SMILES string of the molecule is COc1cccc(C(=O)NC2C(=O)N3C(C(=O)O)=CCS[C@H]23)c1. The zero-order chi connectivity index (χ0) is 16.6. The van der Waals surface area contributed by atoms with E-state index < -0.39 is 23.8 Å². The summed E-state index contributed by atoms with van der Waals surface area (Å²) in [6.45, 7) is 0. The molecule has 0 bridgehead atoms. The fraction of sp³-hybridized carbons (Fsp3) is 0.267. The van der Waals surface area contributed by atoms with Crippen molar-refractivity contribution < 1.29 is 24.2 Å². The zero-order valence-electron chi connectivity index (χ0n) is 12.2. The number of hydrogen-bond donors (Lipinski definition) is 2. The van der Waals surface area contributed by atoms with Gasteiger partial charge in [0, 0.05) is 11.3 Å². The Labute approximate surface area is 136 Å². The normalized spacial score (nSPS) is 22.6. The Morgan fingerprint density at radius 1 is 1.43 bits per heavy atom. The van der Waals surface area contributed by atoms with Gasteiger partial charge < -0.3 is 15.2 Å². The maximum Gasteiger partial charge on any atom is 0.352 e. The summed E-state index contributed by atoms with van der Waals surface area (Å²) in [5, 5.41) is 11.4. The van der Waals surface area contributed by atoms with Crippen LogP contribution in [-0.2, 0) is 9.59 Å². The van der Waals surface area contributed by atoms with Crippen molar-refractivity contribution in [2.24, 2.45) is 0 Å². The van der Waals surface area contributed by atoms with Gasteiger partial charge >= 0.3 is 5.97 Å². The summed E-state index contributed by atoms with van der Waals surface area (Å²) < 4.78 is 5.07. The fourth-order valence-electron chi connectivity index (χ4n) is 2.53. The Hall–Kier alpha value is -2.48. The van der Waals surface area contributed by atoms with Crippen LogP contribution in [0.4, 0.5) is 0 Å². The summed E-state index contributed by atoms with van der Waals surface area (Å²) in [5.74, 6) is -0.911. The first-order valence-electron chi connectivity index (χ1n) is 6.86. The molecule has 0 radical (unpaired) electrons. The van der Waals surface area contributed by atoms with Gasteiger partial charge in [-0.3, -0.25) is 14.5 Å². The minimum atomic E-state index is -1.14. The molecule has 7 nitrogen and oxygen atoms in total. The highest BCUT2D eigenvalue weighted by Gasteiger charge is 2.52. The van der Waals surface area contributed by atoms with Crippen molar-refractivity contribution in [1.29, 1.82) is 0 Å². The number of thioether (sulfide) groups is 1. The number of carboxylic acids is 1. The Morgan fingerprint density at radius 3 is 2.91 bits per heavy atom. The zero-order valence-corrected chi connectivity index (χ0v) is 13.0. The molecule has 23 heavy (non-hydrogen) atoms. The topological polar surface area (TPSA) is 95.9 Å². The van der Waals surface area contributed by atoms with E-state index in [4.69, 9.17) is 9.84 Å². The molecule has 0 saturated carbocycles. The predicted octanol–water partition coefficient (Wildman–Crippen LogP) is 0.677. The molecule has 8 heteroatoms. The van der Waals surface area contributed by atoms with E-state index in [1.165, 1.54) is 29.8 Å². The number of amides is 2. The van der Waals surface area contributed by atoms with Crippen LogP contribution in [0.25, 0.3) is 0 Å². The quantitative estimate of drug-likeness (QED) is 0.786. The number of carboxylic acid groups (broad SMARTS) is 1. The van der Waals surface area contributed by atoms with Gasteiger partial charge in [0.2, 0.25) is 0 Å². The number of carbonyl (C=O) groups excluding carboxylic acids is 2. The van der Waals surface area contributed by atoms with Crippen LogP contribution in [0.5, 0.6) is 5.75 Å². The molecular formula is C15H14N2O5S. The summed E-state index contributed by atoms with van der Waals surface area (Å²) in [6.07, 6.45) is 1.50. The predicted molar refractivity (Wildman–Crippen MR) is 83.1 cm³/mol. The number of rotatable bonds is 4. The fourth-order valence-corrected chi connectivity index (χ4v) is 3.72. The van der Waals surface area contributed by atoms with Crippen molar-refractivity contribution in [3.05, 3.63) is 41.6 Å². The second-order valence-corrected chi connectivity index (χ2v) is 6.16. The van der Waals surface area contributed by atoms with E-state index in [0.29, 0.717) is 17.1 Å². The Kier molecular flexibility index (Phi) is 3.99. The van der Waals surface area contributed by atoms with E-state index in [0.717, 1.165) is 0 Å². The molecule has 0 aromatic heterocycles. The molecule has 2 heterocycles. The smallest absolute Gasteiger partial charge is 0.352 e. The molecule has 1 saturated heterocycles. The first-order chi connectivity index (χ1) is 11.0. The summed E-state index contributed by atoms with van der Waals surface area (Å²) in [4.78, 5) is 36.8. The van der Waals surface area contributed by atoms with E-state index >= 15 is 0 Å². The second kappa shape index (κ2) is 5.96. The van der Waals surface area contributed by atoms with E-state index in [9.17, 15) is 14.4 Å². The maximum atomic E-state index is 12.3. The number of methoxy groups -OCH3 is 1.